The maximum Gasteiger partial charge on any atom is 0.264 e. The average molecular weight is 410 g/mol. The van der Waals surface area contributed by atoms with Crippen molar-refractivity contribution in [1.29, 1.82) is 0 Å². The van der Waals surface area contributed by atoms with Crippen molar-refractivity contribution >= 4 is 29.3 Å². The van der Waals surface area contributed by atoms with Gasteiger partial charge in [0.05, 0.1) is 11.1 Å². The summed E-state index contributed by atoms with van der Waals surface area (Å²) in [4.78, 5) is 50.5. The van der Waals surface area contributed by atoms with Gasteiger partial charge in [0, 0.05) is 31.7 Å². The Hall–Kier alpha value is -2.74. The number of nitrogens with zero attached hydrogens (tertiary/aromatic N) is 1. The molecule has 1 unspecified atom stereocenters. The van der Waals surface area contributed by atoms with Gasteiger partial charge in [-0.05, 0) is 55.6 Å². The lowest BCUT2D eigenvalue weighted by atomic mass is 9.57. The molecule has 3 fully saturated rings. The molecule has 1 aromatic carbocycles. The summed E-state index contributed by atoms with van der Waals surface area (Å²) < 4.78 is 0. The van der Waals surface area contributed by atoms with E-state index < -0.39 is 23.8 Å². The van der Waals surface area contributed by atoms with Crippen LogP contribution in [0.5, 0.6) is 0 Å². The molecule has 1 saturated carbocycles. The molecule has 3 heterocycles. The van der Waals surface area contributed by atoms with Gasteiger partial charge in [0.1, 0.15) is 6.04 Å². The molecule has 4 amide bonds. The average Bonchev–Trinajstić information content (AvgIpc) is 2.90. The molecule has 3 N–H and O–H groups in total. The smallest absolute Gasteiger partial charge is 0.264 e. The Morgan fingerprint density at radius 1 is 1.10 bits per heavy atom. The summed E-state index contributed by atoms with van der Waals surface area (Å²) in [5.74, 6) is -1.11. The summed E-state index contributed by atoms with van der Waals surface area (Å²) in [6, 6.07) is 4.23. The van der Waals surface area contributed by atoms with Crippen molar-refractivity contribution in [3.05, 3.63) is 29.3 Å². The normalized spacial score (nSPS) is 25.1. The van der Waals surface area contributed by atoms with Crippen LogP contribution in [0.1, 0.15) is 59.2 Å². The quantitative estimate of drug-likeness (QED) is 0.482. The molecule has 4 aliphatic rings. The first kappa shape index (κ1) is 19.2. The van der Waals surface area contributed by atoms with Crippen LogP contribution in [-0.4, -0.2) is 54.2 Å². The van der Waals surface area contributed by atoms with E-state index in [1.54, 1.807) is 18.2 Å². The Morgan fingerprint density at radius 3 is 2.60 bits per heavy atom. The molecule has 158 valence electrons. The Balaban J connectivity index is 1.22. The number of nitrogens with one attached hydrogen (secondary N) is 3. The van der Waals surface area contributed by atoms with Crippen LogP contribution in [0.2, 0.25) is 0 Å². The van der Waals surface area contributed by atoms with Crippen molar-refractivity contribution in [3.8, 4) is 0 Å². The van der Waals surface area contributed by atoms with E-state index in [9.17, 15) is 19.2 Å². The molecule has 0 radical (unpaired) electrons. The second kappa shape index (κ2) is 7.19. The van der Waals surface area contributed by atoms with E-state index >= 15 is 0 Å². The summed E-state index contributed by atoms with van der Waals surface area (Å²) in [5.41, 5.74) is 1.86. The minimum atomic E-state index is -0.935. The minimum Gasteiger partial charge on any atom is -0.384 e. The van der Waals surface area contributed by atoms with Crippen LogP contribution in [0.15, 0.2) is 18.2 Å². The summed E-state index contributed by atoms with van der Waals surface area (Å²) in [5, 5.41) is 8.91. The van der Waals surface area contributed by atoms with E-state index in [4.69, 9.17) is 0 Å². The monoisotopic (exact) mass is 410 g/mol. The number of fused-ring (bicyclic) bond motifs is 1. The van der Waals surface area contributed by atoms with Crippen molar-refractivity contribution in [2.24, 2.45) is 11.3 Å². The van der Waals surface area contributed by atoms with Gasteiger partial charge in [-0.3, -0.25) is 29.4 Å². The van der Waals surface area contributed by atoms with Gasteiger partial charge in [-0.1, -0.05) is 6.07 Å². The number of carbonyl (C=O) groups is 4. The number of amides is 4. The molecule has 1 spiro atoms. The van der Waals surface area contributed by atoms with Crippen LogP contribution in [0.25, 0.3) is 0 Å². The third-order valence-electron chi connectivity index (χ3n) is 7.02. The number of imide groups is 2. The van der Waals surface area contributed by atoms with E-state index in [1.807, 2.05) is 0 Å². The molecule has 8 heteroatoms. The SMILES string of the molecule is O=C1CCC(N2C(=O)c3cccc(NCCCC4CC5(CNC5)C4)c3C2=O)C(=O)N1. The van der Waals surface area contributed by atoms with Crippen LogP contribution >= 0.6 is 0 Å². The van der Waals surface area contributed by atoms with Crippen LogP contribution in [0.3, 0.4) is 0 Å². The zero-order valence-electron chi connectivity index (χ0n) is 16.8. The maximum atomic E-state index is 13.1. The molecule has 0 aromatic heterocycles. The lowest BCUT2D eigenvalue weighted by molar-refractivity contribution is -0.136. The highest BCUT2D eigenvalue weighted by molar-refractivity contribution is 6.25. The lowest BCUT2D eigenvalue weighted by Gasteiger charge is -2.54. The first-order valence-corrected chi connectivity index (χ1v) is 10.8. The molecule has 1 atom stereocenters. The second-order valence-corrected chi connectivity index (χ2v) is 9.12. The lowest BCUT2D eigenvalue weighted by Crippen LogP contribution is -2.60. The van der Waals surface area contributed by atoms with E-state index in [2.05, 4.69) is 16.0 Å². The summed E-state index contributed by atoms with van der Waals surface area (Å²) in [6.07, 6.45) is 5.09. The summed E-state index contributed by atoms with van der Waals surface area (Å²) >= 11 is 0. The highest BCUT2D eigenvalue weighted by atomic mass is 16.2. The maximum absolute atomic E-state index is 13.1. The fraction of sp³-hybridized carbons (Fsp3) is 0.545. The minimum absolute atomic E-state index is 0.118. The second-order valence-electron chi connectivity index (χ2n) is 9.12. The van der Waals surface area contributed by atoms with E-state index in [0.29, 0.717) is 22.2 Å². The molecular weight excluding hydrogens is 384 g/mol. The third kappa shape index (κ3) is 3.10. The van der Waals surface area contributed by atoms with Crippen molar-refractivity contribution in [1.82, 2.24) is 15.5 Å². The van der Waals surface area contributed by atoms with Crippen LogP contribution < -0.4 is 16.0 Å². The van der Waals surface area contributed by atoms with Gasteiger partial charge in [-0.25, -0.2) is 0 Å². The number of anilines is 1. The molecule has 1 aliphatic carbocycles. The van der Waals surface area contributed by atoms with Crippen LogP contribution in [0.4, 0.5) is 5.69 Å². The molecular formula is C22H26N4O4. The van der Waals surface area contributed by atoms with Crippen molar-refractivity contribution in [3.63, 3.8) is 0 Å². The van der Waals surface area contributed by atoms with Gasteiger partial charge in [0.25, 0.3) is 11.8 Å². The van der Waals surface area contributed by atoms with Crippen molar-refractivity contribution in [2.75, 3.05) is 25.0 Å². The summed E-state index contributed by atoms with van der Waals surface area (Å²) in [7, 11) is 0. The Morgan fingerprint density at radius 2 is 1.90 bits per heavy atom. The molecule has 3 aliphatic heterocycles. The molecule has 1 aromatic rings. The van der Waals surface area contributed by atoms with Gasteiger partial charge in [-0.15, -0.1) is 0 Å². The predicted molar refractivity (Wildman–Crippen MR) is 109 cm³/mol. The third-order valence-corrected chi connectivity index (χ3v) is 7.02. The predicted octanol–water partition coefficient (Wildman–Crippen LogP) is 1.28. The van der Waals surface area contributed by atoms with Crippen LogP contribution in [0, 0.1) is 11.3 Å². The number of hydrogen-bond acceptors (Lipinski definition) is 6. The van der Waals surface area contributed by atoms with Crippen LogP contribution in [-0.2, 0) is 9.59 Å². The largest absolute Gasteiger partial charge is 0.384 e. The number of rotatable bonds is 6. The zero-order chi connectivity index (χ0) is 20.9. The standard InChI is InChI=1S/C22H26N4O4/c27-17-7-6-16(19(28)25-17)26-20(29)14-4-1-5-15(18(14)21(26)30)24-8-2-3-13-9-22(10-13)11-23-12-22/h1,4-5,13,16,23-24H,2-3,6-12H2,(H,25,27,28). The van der Waals surface area contributed by atoms with Gasteiger partial charge in [-0.2, -0.15) is 0 Å². The first-order valence-electron chi connectivity index (χ1n) is 10.8. The van der Waals surface area contributed by atoms with Gasteiger partial charge in [0.15, 0.2) is 0 Å². The van der Waals surface area contributed by atoms with E-state index in [-0.39, 0.29) is 18.7 Å². The first-order chi connectivity index (χ1) is 14.5. The highest BCUT2D eigenvalue weighted by Crippen LogP contribution is 2.50. The zero-order valence-corrected chi connectivity index (χ0v) is 16.8. The number of piperidine rings is 1. The molecule has 0 bridgehead atoms. The Labute approximate surface area is 174 Å². The molecule has 2 saturated heterocycles. The Kier molecular flexibility index (Phi) is 4.61. The van der Waals surface area contributed by atoms with Gasteiger partial charge in [0.2, 0.25) is 11.8 Å². The number of benzene rings is 1. The Bertz CT molecular complexity index is 931. The fourth-order valence-corrected chi connectivity index (χ4v) is 5.41. The van der Waals surface area contributed by atoms with E-state index in [1.165, 1.54) is 19.3 Å². The molecule has 8 nitrogen and oxygen atoms in total. The fourth-order valence-electron chi connectivity index (χ4n) is 5.41. The van der Waals surface area contributed by atoms with Gasteiger partial charge < -0.3 is 10.6 Å². The number of carbonyl (C=O) groups excluding carboxylic acids is 4. The molecule has 5 rings (SSSR count). The summed E-state index contributed by atoms with van der Waals surface area (Å²) in [6.45, 7) is 3.06. The number of hydrogen-bond donors (Lipinski definition) is 3. The van der Waals surface area contributed by atoms with Crippen molar-refractivity contribution in [2.45, 2.75) is 44.6 Å². The van der Waals surface area contributed by atoms with E-state index in [0.717, 1.165) is 36.9 Å². The highest BCUT2D eigenvalue weighted by Gasteiger charge is 2.48. The topological polar surface area (TPSA) is 108 Å². The van der Waals surface area contributed by atoms with Gasteiger partial charge >= 0.3 is 0 Å². The van der Waals surface area contributed by atoms with Crippen molar-refractivity contribution < 1.29 is 19.2 Å². The molecule has 30 heavy (non-hydrogen) atoms.